The van der Waals surface area contributed by atoms with Gasteiger partial charge in [-0.15, -0.1) is 0 Å². The topological polar surface area (TPSA) is 66.4 Å². The Labute approximate surface area is 145 Å². The van der Waals surface area contributed by atoms with E-state index in [0.717, 1.165) is 12.0 Å². The number of carbonyl (C=O) groups is 2. The van der Waals surface area contributed by atoms with Crippen molar-refractivity contribution in [3.63, 3.8) is 0 Å². The van der Waals surface area contributed by atoms with E-state index in [0.29, 0.717) is 5.56 Å². The molecule has 1 aliphatic rings. The molecule has 0 bridgehead atoms. The molecule has 0 aromatic heterocycles. The molecule has 2 N–H and O–H groups in total. The summed E-state index contributed by atoms with van der Waals surface area (Å²) in [5, 5.41) is 12.1. The molecule has 5 heteroatoms. The fraction of sp³-hybridized carbons (Fsp3) is 0.300. The highest BCUT2D eigenvalue weighted by Gasteiger charge is 2.44. The molecule has 3 atom stereocenters. The second kappa shape index (κ2) is 7.05. The standard InChI is InChI=1S/C20H20FNO3/c1-12-4-2-3-5-15(12)16-10-17(16)19(23)22-11-18(20(24)25)13-6-8-14(21)9-7-13/h2-9,16-18H,10-11H2,1H3,(H,22,23)(H,24,25). The van der Waals surface area contributed by atoms with Gasteiger partial charge in [0.05, 0.1) is 5.92 Å². The first-order valence-corrected chi connectivity index (χ1v) is 8.29. The molecule has 0 radical (unpaired) electrons. The van der Waals surface area contributed by atoms with Gasteiger partial charge in [-0.2, -0.15) is 0 Å². The molecule has 0 saturated heterocycles. The number of halogens is 1. The van der Waals surface area contributed by atoms with E-state index in [1.165, 1.54) is 29.8 Å². The van der Waals surface area contributed by atoms with Crippen LogP contribution in [-0.4, -0.2) is 23.5 Å². The number of carboxylic acid groups (broad SMARTS) is 1. The maximum Gasteiger partial charge on any atom is 0.312 e. The van der Waals surface area contributed by atoms with E-state index in [-0.39, 0.29) is 24.3 Å². The molecular formula is C20H20FNO3. The van der Waals surface area contributed by atoms with Gasteiger partial charge < -0.3 is 10.4 Å². The van der Waals surface area contributed by atoms with Crippen molar-refractivity contribution in [3.05, 3.63) is 71.0 Å². The van der Waals surface area contributed by atoms with E-state index in [9.17, 15) is 19.1 Å². The second-order valence-corrected chi connectivity index (χ2v) is 6.49. The summed E-state index contributed by atoms with van der Waals surface area (Å²) in [6.45, 7) is 2.02. The first-order valence-electron chi connectivity index (χ1n) is 8.29. The molecule has 1 fully saturated rings. The maximum absolute atomic E-state index is 13.0. The quantitative estimate of drug-likeness (QED) is 0.848. The largest absolute Gasteiger partial charge is 0.481 e. The molecule has 25 heavy (non-hydrogen) atoms. The number of hydrogen-bond acceptors (Lipinski definition) is 2. The third-order valence-corrected chi connectivity index (χ3v) is 4.77. The summed E-state index contributed by atoms with van der Waals surface area (Å²) in [6, 6.07) is 13.3. The summed E-state index contributed by atoms with van der Waals surface area (Å²) in [5.74, 6) is -2.38. The molecule has 0 aliphatic heterocycles. The minimum atomic E-state index is -1.04. The Balaban J connectivity index is 1.61. The Morgan fingerprint density at radius 2 is 1.88 bits per heavy atom. The van der Waals surface area contributed by atoms with E-state index in [1.807, 2.05) is 31.2 Å². The lowest BCUT2D eigenvalue weighted by molar-refractivity contribution is -0.138. The van der Waals surface area contributed by atoms with Crippen LogP contribution in [0.25, 0.3) is 0 Å². The smallest absolute Gasteiger partial charge is 0.312 e. The van der Waals surface area contributed by atoms with Crippen LogP contribution in [0.2, 0.25) is 0 Å². The van der Waals surface area contributed by atoms with Crippen LogP contribution in [0, 0.1) is 18.7 Å². The third kappa shape index (κ3) is 3.87. The highest BCUT2D eigenvalue weighted by molar-refractivity contribution is 5.84. The van der Waals surface area contributed by atoms with Gasteiger partial charge in [0.25, 0.3) is 0 Å². The van der Waals surface area contributed by atoms with Gasteiger partial charge in [0.2, 0.25) is 5.91 Å². The van der Waals surface area contributed by atoms with Gasteiger partial charge in [0.15, 0.2) is 0 Å². The number of carboxylic acids is 1. The lowest BCUT2D eigenvalue weighted by Gasteiger charge is -2.14. The van der Waals surface area contributed by atoms with Gasteiger partial charge in [-0.05, 0) is 48.1 Å². The molecule has 3 rings (SSSR count). The van der Waals surface area contributed by atoms with Crippen LogP contribution in [-0.2, 0) is 9.59 Å². The highest BCUT2D eigenvalue weighted by atomic mass is 19.1. The molecule has 1 amide bonds. The first-order chi connectivity index (χ1) is 12.0. The number of rotatable bonds is 6. The van der Waals surface area contributed by atoms with Gasteiger partial charge in [-0.3, -0.25) is 9.59 Å². The minimum absolute atomic E-state index is 0.00318. The molecule has 2 aromatic carbocycles. The van der Waals surface area contributed by atoms with Crippen molar-refractivity contribution in [1.82, 2.24) is 5.32 Å². The second-order valence-electron chi connectivity index (χ2n) is 6.49. The molecule has 0 heterocycles. The lowest BCUT2D eigenvalue weighted by atomic mass is 9.99. The fourth-order valence-electron chi connectivity index (χ4n) is 3.21. The van der Waals surface area contributed by atoms with Gasteiger partial charge in [-0.25, -0.2) is 4.39 Å². The van der Waals surface area contributed by atoms with E-state index in [1.54, 1.807) is 0 Å². The Hall–Kier alpha value is -2.69. The van der Waals surface area contributed by atoms with Crippen LogP contribution in [0.4, 0.5) is 4.39 Å². The summed E-state index contributed by atoms with van der Waals surface area (Å²) in [4.78, 5) is 23.8. The number of aliphatic carboxylic acids is 1. The van der Waals surface area contributed by atoms with Crippen molar-refractivity contribution in [3.8, 4) is 0 Å². The molecule has 1 aliphatic carbocycles. The zero-order chi connectivity index (χ0) is 18.0. The predicted molar refractivity (Wildman–Crippen MR) is 91.8 cm³/mol. The molecule has 2 aromatic rings. The summed E-state index contributed by atoms with van der Waals surface area (Å²) in [7, 11) is 0. The van der Waals surface area contributed by atoms with Crippen molar-refractivity contribution in [2.45, 2.75) is 25.2 Å². The number of nitrogens with one attached hydrogen (secondary N) is 1. The van der Waals surface area contributed by atoms with Crippen molar-refractivity contribution in [2.24, 2.45) is 5.92 Å². The summed E-state index contributed by atoms with van der Waals surface area (Å²) in [6.07, 6.45) is 0.783. The molecule has 1 saturated carbocycles. The molecule has 130 valence electrons. The summed E-state index contributed by atoms with van der Waals surface area (Å²) >= 11 is 0. The van der Waals surface area contributed by atoms with Gasteiger partial charge in [-0.1, -0.05) is 36.4 Å². The average Bonchev–Trinajstić information content (AvgIpc) is 3.37. The van der Waals surface area contributed by atoms with Crippen LogP contribution >= 0.6 is 0 Å². The third-order valence-electron chi connectivity index (χ3n) is 4.77. The normalized spacial score (nSPS) is 19.9. The molecule has 4 nitrogen and oxygen atoms in total. The molecule has 0 spiro atoms. The SMILES string of the molecule is Cc1ccccc1C1CC1C(=O)NCC(C(=O)O)c1ccc(F)cc1. The van der Waals surface area contributed by atoms with Crippen molar-refractivity contribution >= 4 is 11.9 Å². The van der Waals surface area contributed by atoms with E-state index in [4.69, 9.17) is 0 Å². The van der Waals surface area contributed by atoms with E-state index >= 15 is 0 Å². The Morgan fingerprint density at radius 1 is 1.20 bits per heavy atom. The van der Waals surface area contributed by atoms with Crippen molar-refractivity contribution in [1.29, 1.82) is 0 Å². The predicted octanol–water partition coefficient (Wildman–Crippen LogP) is 3.22. The zero-order valence-corrected chi connectivity index (χ0v) is 13.9. The molecule has 3 unspecified atom stereocenters. The highest BCUT2D eigenvalue weighted by Crippen LogP contribution is 2.48. The molecular weight excluding hydrogens is 321 g/mol. The summed E-state index contributed by atoms with van der Waals surface area (Å²) in [5.41, 5.74) is 2.81. The van der Waals surface area contributed by atoms with Crippen LogP contribution in [0.15, 0.2) is 48.5 Å². The van der Waals surface area contributed by atoms with Crippen LogP contribution in [0.3, 0.4) is 0 Å². The van der Waals surface area contributed by atoms with Crippen molar-refractivity contribution in [2.75, 3.05) is 6.54 Å². The fourth-order valence-corrected chi connectivity index (χ4v) is 3.21. The average molecular weight is 341 g/mol. The number of benzene rings is 2. The monoisotopic (exact) mass is 341 g/mol. The van der Waals surface area contributed by atoms with E-state index in [2.05, 4.69) is 5.32 Å². The van der Waals surface area contributed by atoms with Gasteiger partial charge in [0.1, 0.15) is 5.82 Å². The number of aryl methyl sites for hydroxylation is 1. The Bertz CT molecular complexity index is 788. The van der Waals surface area contributed by atoms with Crippen molar-refractivity contribution < 1.29 is 19.1 Å². The minimum Gasteiger partial charge on any atom is -0.481 e. The zero-order valence-electron chi connectivity index (χ0n) is 13.9. The van der Waals surface area contributed by atoms with E-state index < -0.39 is 17.7 Å². The summed E-state index contributed by atoms with van der Waals surface area (Å²) < 4.78 is 13.0. The lowest BCUT2D eigenvalue weighted by Crippen LogP contribution is -2.33. The van der Waals surface area contributed by atoms with Crippen LogP contribution < -0.4 is 5.32 Å². The maximum atomic E-state index is 13.0. The van der Waals surface area contributed by atoms with Gasteiger partial charge in [0, 0.05) is 12.5 Å². The number of hydrogen-bond donors (Lipinski definition) is 2. The van der Waals surface area contributed by atoms with Crippen LogP contribution in [0.5, 0.6) is 0 Å². The Morgan fingerprint density at radius 3 is 2.52 bits per heavy atom. The first kappa shape index (κ1) is 17.1. The Kier molecular flexibility index (Phi) is 4.83. The number of carbonyl (C=O) groups excluding carboxylic acids is 1. The van der Waals surface area contributed by atoms with Gasteiger partial charge >= 0.3 is 5.97 Å². The van der Waals surface area contributed by atoms with Crippen LogP contribution in [0.1, 0.15) is 34.9 Å². The number of amides is 1.